The van der Waals surface area contributed by atoms with E-state index < -0.39 is 0 Å². The maximum atomic E-state index is 6.10. The lowest BCUT2D eigenvalue weighted by molar-refractivity contribution is 0.579. The highest BCUT2D eigenvalue weighted by Crippen LogP contribution is 2.24. The molecule has 0 spiro atoms. The Morgan fingerprint density at radius 1 is 1.42 bits per heavy atom. The van der Waals surface area contributed by atoms with Gasteiger partial charge in [0.2, 0.25) is 0 Å². The molecule has 1 atom stereocenters. The zero-order valence-corrected chi connectivity index (χ0v) is 12.7. The molecule has 2 nitrogen and oxygen atoms in total. The van der Waals surface area contributed by atoms with Crippen LogP contribution in [0.1, 0.15) is 29.7 Å². The van der Waals surface area contributed by atoms with Crippen molar-refractivity contribution in [2.75, 3.05) is 13.1 Å². The van der Waals surface area contributed by atoms with Crippen molar-refractivity contribution in [1.29, 1.82) is 0 Å². The molecular formula is C15H19ClN2S. The molecule has 0 aliphatic heterocycles. The normalized spacial score (nSPS) is 12.5. The first kappa shape index (κ1) is 14.5. The summed E-state index contributed by atoms with van der Waals surface area (Å²) in [4.78, 5) is 5.48. The summed E-state index contributed by atoms with van der Waals surface area (Å²) in [6.07, 6.45) is 4.13. The topological polar surface area (TPSA) is 24.9 Å². The van der Waals surface area contributed by atoms with Gasteiger partial charge >= 0.3 is 0 Å². The summed E-state index contributed by atoms with van der Waals surface area (Å²) in [7, 11) is 0. The van der Waals surface area contributed by atoms with E-state index in [0.29, 0.717) is 5.92 Å². The SMILES string of the molecule is CCCNCC(Cc1cncs1)c1cccc(Cl)c1. The van der Waals surface area contributed by atoms with Crippen molar-refractivity contribution in [3.8, 4) is 0 Å². The predicted octanol–water partition coefficient (Wildman–Crippen LogP) is 4.12. The van der Waals surface area contributed by atoms with Crippen LogP contribution in [0.5, 0.6) is 0 Å². The number of halogens is 1. The van der Waals surface area contributed by atoms with E-state index in [1.807, 2.05) is 23.8 Å². The predicted molar refractivity (Wildman–Crippen MR) is 83.2 cm³/mol. The van der Waals surface area contributed by atoms with Crippen LogP contribution in [0, 0.1) is 0 Å². The Morgan fingerprint density at radius 2 is 2.32 bits per heavy atom. The summed E-state index contributed by atoms with van der Waals surface area (Å²) in [6.45, 7) is 4.22. The Morgan fingerprint density at radius 3 is 3.00 bits per heavy atom. The second kappa shape index (κ2) is 7.63. The van der Waals surface area contributed by atoms with Crippen molar-refractivity contribution in [2.45, 2.75) is 25.7 Å². The minimum Gasteiger partial charge on any atom is -0.316 e. The Balaban J connectivity index is 2.08. The van der Waals surface area contributed by atoms with Crippen LogP contribution >= 0.6 is 22.9 Å². The van der Waals surface area contributed by atoms with E-state index in [1.165, 1.54) is 10.4 Å². The van der Waals surface area contributed by atoms with E-state index in [2.05, 4.69) is 29.4 Å². The highest BCUT2D eigenvalue weighted by Gasteiger charge is 2.13. The zero-order valence-electron chi connectivity index (χ0n) is 11.1. The van der Waals surface area contributed by atoms with Crippen LogP contribution in [-0.2, 0) is 6.42 Å². The molecule has 0 saturated carbocycles. The fourth-order valence-electron chi connectivity index (χ4n) is 2.11. The Bertz CT molecular complexity index is 485. The van der Waals surface area contributed by atoms with Crippen LogP contribution in [0.15, 0.2) is 36.0 Å². The molecule has 0 aliphatic rings. The first-order chi connectivity index (χ1) is 9.29. The highest BCUT2D eigenvalue weighted by atomic mass is 35.5. The molecule has 4 heteroatoms. The van der Waals surface area contributed by atoms with Gasteiger partial charge in [0.1, 0.15) is 0 Å². The summed E-state index contributed by atoms with van der Waals surface area (Å²) in [5.74, 6) is 0.450. The van der Waals surface area contributed by atoms with Crippen molar-refractivity contribution in [1.82, 2.24) is 10.3 Å². The number of nitrogens with one attached hydrogen (secondary N) is 1. The van der Waals surface area contributed by atoms with Crippen molar-refractivity contribution < 1.29 is 0 Å². The van der Waals surface area contributed by atoms with Gasteiger partial charge in [0.25, 0.3) is 0 Å². The largest absolute Gasteiger partial charge is 0.316 e. The maximum Gasteiger partial charge on any atom is 0.0794 e. The summed E-state index contributed by atoms with van der Waals surface area (Å²) in [6, 6.07) is 8.18. The van der Waals surface area contributed by atoms with Gasteiger partial charge in [-0.15, -0.1) is 11.3 Å². The smallest absolute Gasteiger partial charge is 0.0794 e. The Labute approximate surface area is 123 Å². The van der Waals surface area contributed by atoms with Gasteiger partial charge in [-0.25, -0.2) is 0 Å². The first-order valence-electron chi connectivity index (χ1n) is 6.63. The average Bonchev–Trinajstić information content (AvgIpc) is 2.91. The van der Waals surface area contributed by atoms with Gasteiger partial charge < -0.3 is 5.32 Å². The number of aromatic nitrogens is 1. The molecule has 2 aromatic rings. The van der Waals surface area contributed by atoms with E-state index in [-0.39, 0.29) is 0 Å². The lowest BCUT2D eigenvalue weighted by Crippen LogP contribution is -2.23. The van der Waals surface area contributed by atoms with Crippen LogP contribution in [0.25, 0.3) is 0 Å². The molecule has 19 heavy (non-hydrogen) atoms. The second-order valence-corrected chi connectivity index (χ2v) is 6.04. The van der Waals surface area contributed by atoms with E-state index in [4.69, 9.17) is 11.6 Å². The molecule has 2 rings (SSSR count). The summed E-state index contributed by atoms with van der Waals surface area (Å²) in [5.41, 5.74) is 3.19. The third-order valence-electron chi connectivity index (χ3n) is 3.07. The van der Waals surface area contributed by atoms with Gasteiger partial charge in [-0.05, 0) is 37.1 Å². The van der Waals surface area contributed by atoms with Gasteiger partial charge in [0, 0.05) is 28.6 Å². The summed E-state index contributed by atoms with van der Waals surface area (Å²) < 4.78 is 0. The third kappa shape index (κ3) is 4.60. The summed E-state index contributed by atoms with van der Waals surface area (Å²) in [5, 5.41) is 4.31. The molecule has 1 aromatic carbocycles. The van der Waals surface area contributed by atoms with Gasteiger partial charge in [0.15, 0.2) is 0 Å². The van der Waals surface area contributed by atoms with Crippen molar-refractivity contribution in [2.24, 2.45) is 0 Å². The lowest BCUT2D eigenvalue weighted by Gasteiger charge is -2.17. The third-order valence-corrected chi connectivity index (χ3v) is 4.11. The van der Waals surface area contributed by atoms with Gasteiger partial charge in [0.05, 0.1) is 5.51 Å². The highest BCUT2D eigenvalue weighted by molar-refractivity contribution is 7.09. The number of thiazole rings is 1. The second-order valence-electron chi connectivity index (χ2n) is 4.63. The van der Waals surface area contributed by atoms with E-state index in [9.17, 15) is 0 Å². The fraction of sp³-hybridized carbons (Fsp3) is 0.400. The van der Waals surface area contributed by atoms with E-state index >= 15 is 0 Å². The van der Waals surface area contributed by atoms with E-state index in [1.54, 1.807) is 11.3 Å². The average molecular weight is 295 g/mol. The van der Waals surface area contributed by atoms with Crippen LogP contribution in [0.4, 0.5) is 0 Å². The van der Waals surface area contributed by atoms with Crippen molar-refractivity contribution in [3.05, 3.63) is 51.4 Å². The molecule has 1 aromatic heterocycles. The molecule has 0 saturated heterocycles. The zero-order chi connectivity index (χ0) is 13.5. The number of rotatable bonds is 7. The number of nitrogens with zero attached hydrogens (tertiary/aromatic N) is 1. The Hall–Kier alpha value is -0.900. The van der Waals surface area contributed by atoms with Gasteiger partial charge in [-0.1, -0.05) is 30.7 Å². The van der Waals surface area contributed by atoms with Crippen LogP contribution in [0.3, 0.4) is 0 Å². The van der Waals surface area contributed by atoms with Crippen molar-refractivity contribution >= 4 is 22.9 Å². The molecule has 0 amide bonds. The van der Waals surface area contributed by atoms with Gasteiger partial charge in [-0.3, -0.25) is 4.98 Å². The molecule has 1 unspecified atom stereocenters. The minimum atomic E-state index is 0.450. The van der Waals surface area contributed by atoms with E-state index in [0.717, 1.165) is 31.0 Å². The number of hydrogen-bond acceptors (Lipinski definition) is 3. The summed E-state index contributed by atoms with van der Waals surface area (Å²) >= 11 is 7.82. The van der Waals surface area contributed by atoms with Crippen LogP contribution in [-0.4, -0.2) is 18.1 Å². The maximum absolute atomic E-state index is 6.10. The van der Waals surface area contributed by atoms with Crippen LogP contribution in [0.2, 0.25) is 5.02 Å². The molecule has 0 bridgehead atoms. The molecular weight excluding hydrogens is 276 g/mol. The quantitative estimate of drug-likeness (QED) is 0.777. The molecule has 102 valence electrons. The number of hydrogen-bond donors (Lipinski definition) is 1. The molecule has 1 heterocycles. The first-order valence-corrected chi connectivity index (χ1v) is 7.89. The Kier molecular flexibility index (Phi) is 5.83. The molecule has 0 fully saturated rings. The standard InChI is InChI=1S/C15H19ClN2S/c1-2-6-17-9-13(8-15-10-18-11-19-15)12-4-3-5-14(16)7-12/h3-5,7,10-11,13,17H,2,6,8-9H2,1H3. The monoisotopic (exact) mass is 294 g/mol. The minimum absolute atomic E-state index is 0.450. The fourth-order valence-corrected chi connectivity index (χ4v) is 2.98. The lowest BCUT2D eigenvalue weighted by atomic mass is 9.95. The van der Waals surface area contributed by atoms with Crippen molar-refractivity contribution in [3.63, 3.8) is 0 Å². The van der Waals surface area contributed by atoms with Crippen LogP contribution < -0.4 is 5.32 Å². The van der Waals surface area contributed by atoms with Gasteiger partial charge in [-0.2, -0.15) is 0 Å². The molecule has 0 radical (unpaired) electrons. The molecule has 0 aliphatic carbocycles. The molecule has 1 N–H and O–H groups in total. The number of benzene rings is 1.